The van der Waals surface area contributed by atoms with Gasteiger partial charge < -0.3 is 24.3 Å². The van der Waals surface area contributed by atoms with E-state index in [1.807, 2.05) is 6.92 Å². The Bertz CT molecular complexity index is 1250. The van der Waals surface area contributed by atoms with Crippen LogP contribution in [0.25, 0.3) is 0 Å². The fourth-order valence-electron chi connectivity index (χ4n) is 3.13. The number of methoxy groups -OCH3 is 2. The van der Waals surface area contributed by atoms with E-state index in [9.17, 15) is 9.59 Å². The predicted octanol–water partition coefficient (Wildman–Crippen LogP) is 4.93. The maximum absolute atomic E-state index is 12.5. The maximum atomic E-state index is 12.5. The topological polar surface area (TPSA) is 107 Å². The molecule has 3 rings (SSSR count). The van der Waals surface area contributed by atoms with E-state index in [0.717, 1.165) is 6.42 Å². The third-order valence-corrected chi connectivity index (χ3v) is 5.19. The summed E-state index contributed by atoms with van der Waals surface area (Å²) >= 11 is 5.85. The van der Waals surface area contributed by atoms with Crippen molar-refractivity contribution in [2.75, 3.05) is 32.8 Å². The molecule has 0 unspecified atom stereocenters. The number of halogens is 1. The van der Waals surface area contributed by atoms with Crippen LogP contribution in [-0.2, 0) is 4.79 Å². The SMILES string of the molecule is CCCOc1ccc(C(=O)N/N=C/c2ccc(OCC(=O)Nc3ccc(Cl)cc3)c(OC)c2)cc1OC. The zero-order chi connectivity index (χ0) is 26.6. The Morgan fingerprint density at radius 2 is 1.57 bits per heavy atom. The van der Waals surface area contributed by atoms with E-state index < -0.39 is 5.91 Å². The number of hydrogen-bond acceptors (Lipinski definition) is 7. The van der Waals surface area contributed by atoms with Crippen molar-refractivity contribution in [2.24, 2.45) is 5.10 Å². The van der Waals surface area contributed by atoms with Crippen LogP contribution in [-0.4, -0.2) is 45.5 Å². The molecule has 3 aromatic rings. The number of nitrogens with zero attached hydrogens (tertiary/aromatic N) is 1. The molecule has 0 aliphatic rings. The lowest BCUT2D eigenvalue weighted by Crippen LogP contribution is -2.20. The molecule has 2 N–H and O–H groups in total. The second-order valence-electron chi connectivity index (χ2n) is 7.67. The lowest BCUT2D eigenvalue weighted by molar-refractivity contribution is -0.118. The molecule has 0 saturated carbocycles. The highest BCUT2D eigenvalue weighted by Gasteiger charge is 2.12. The number of benzene rings is 3. The number of nitrogens with one attached hydrogen (secondary N) is 2. The number of carbonyl (C=O) groups excluding carboxylic acids is 2. The number of amides is 2. The van der Waals surface area contributed by atoms with Crippen LogP contribution in [0.15, 0.2) is 65.8 Å². The first-order valence-electron chi connectivity index (χ1n) is 11.4. The Balaban J connectivity index is 1.57. The van der Waals surface area contributed by atoms with Gasteiger partial charge >= 0.3 is 0 Å². The summed E-state index contributed by atoms with van der Waals surface area (Å²) in [4.78, 5) is 24.7. The van der Waals surface area contributed by atoms with Crippen molar-refractivity contribution in [3.63, 3.8) is 0 Å². The molecule has 3 aromatic carbocycles. The van der Waals surface area contributed by atoms with Gasteiger partial charge in [0.15, 0.2) is 29.6 Å². The fraction of sp³-hybridized carbons (Fsp3) is 0.222. The molecular formula is C27H28ClN3O6. The first-order chi connectivity index (χ1) is 17.9. The number of carbonyl (C=O) groups is 2. The second kappa shape index (κ2) is 13.7. The summed E-state index contributed by atoms with van der Waals surface area (Å²) in [6.45, 7) is 2.34. The van der Waals surface area contributed by atoms with E-state index in [1.54, 1.807) is 60.7 Å². The molecule has 0 heterocycles. The largest absolute Gasteiger partial charge is 0.493 e. The van der Waals surface area contributed by atoms with Crippen LogP contribution in [0.1, 0.15) is 29.3 Å². The Hall–Kier alpha value is -4.24. The highest BCUT2D eigenvalue weighted by Crippen LogP contribution is 2.29. The Morgan fingerprint density at radius 3 is 2.27 bits per heavy atom. The van der Waals surface area contributed by atoms with Crippen LogP contribution in [0.2, 0.25) is 5.02 Å². The molecule has 10 heteroatoms. The lowest BCUT2D eigenvalue weighted by atomic mass is 10.2. The third kappa shape index (κ3) is 8.15. The van der Waals surface area contributed by atoms with Gasteiger partial charge in [-0.2, -0.15) is 5.10 Å². The molecule has 0 saturated heterocycles. The maximum Gasteiger partial charge on any atom is 0.271 e. The normalized spacial score (nSPS) is 10.6. The highest BCUT2D eigenvalue weighted by atomic mass is 35.5. The zero-order valence-corrected chi connectivity index (χ0v) is 21.5. The summed E-state index contributed by atoms with van der Waals surface area (Å²) < 4.78 is 21.9. The van der Waals surface area contributed by atoms with Gasteiger partial charge in [-0.25, -0.2) is 5.43 Å². The molecule has 2 amide bonds. The molecule has 0 aliphatic heterocycles. The van der Waals surface area contributed by atoms with E-state index in [4.69, 9.17) is 30.5 Å². The van der Waals surface area contributed by atoms with Gasteiger partial charge in [0.1, 0.15) is 0 Å². The minimum Gasteiger partial charge on any atom is -0.493 e. The van der Waals surface area contributed by atoms with Gasteiger partial charge in [-0.3, -0.25) is 9.59 Å². The van der Waals surface area contributed by atoms with Crippen LogP contribution in [0.4, 0.5) is 5.69 Å². The molecule has 0 atom stereocenters. The van der Waals surface area contributed by atoms with Crippen molar-refractivity contribution in [1.82, 2.24) is 5.43 Å². The van der Waals surface area contributed by atoms with Crippen molar-refractivity contribution in [3.05, 3.63) is 76.8 Å². The average Bonchev–Trinajstić information content (AvgIpc) is 2.92. The molecule has 0 spiro atoms. The second-order valence-corrected chi connectivity index (χ2v) is 8.10. The van der Waals surface area contributed by atoms with Crippen molar-refractivity contribution in [3.8, 4) is 23.0 Å². The van der Waals surface area contributed by atoms with Crippen LogP contribution in [0.3, 0.4) is 0 Å². The van der Waals surface area contributed by atoms with Crippen LogP contribution in [0.5, 0.6) is 23.0 Å². The van der Waals surface area contributed by atoms with Crippen LogP contribution < -0.4 is 29.7 Å². The Labute approximate surface area is 220 Å². The smallest absolute Gasteiger partial charge is 0.271 e. The Morgan fingerprint density at radius 1 is 0.892 bits per heavy atom. The average molecular weight is 526 g/mol. The third-order valence-electron chi connectivity index (χ3n) is 4.94. The standard InChI is InChI=1S/C27H28ClN3O6/c1-4-13-36-22-12-6-19(15-25(22)35-3)27(33)31-29-16-18-5-11-23(24(14-18)34-2)37-17-26(32)30-21-9-7-20(28)8-10-21/h5-12,14-16H,4,13,17H2,1-3H3,(H,30,32)(H,31,33)/b29-16+. The number of ether oxygens (including phenoxy) is 4. The zero-order valence-electron chi connectivity index (χ0n) is 20.7. The van der Waals surface area contributed by atoms with E-state index in [0.29, 0.717) is 51.4 Å². The van der Waals surface area contributed by atoms with Crippen LogP contribution in [0, 0.1) is 0 Å². The van der Waals surface area contributed by atoms with E-state index in [2.05, 4.69) is 15.8 Å². The first kappa shape index (κ1) is 27.3. The van der Waals surface area contributed by atoms with Crippen molar-refractivity contribution < 1.29 is 28.5 Å². The fourth-order valence-corrected chi connectivity index (χ4v) is 3.25. The van der Waals surface area contributed by atoms with E-state index >= 15 is 0 Å². The molecule has 37 heavy (non-hydrogen) atoms. The quantitative estimate of drug-likeness (QED) is 0.256. The summed E-state index contributed by atoms with van der Waals surface area (Å²) in [6.07, 6.45) is 2.32. The summed E-state index contributed by atoms with van der Waals surface area (Å²) in [6, 6.07) is 16.7. The van der Waals surface area contributed by atoms with Gasteiger partial charge in [-0.15, -0.1) is 0 Å². The number of rotatable bonds is 12. The molecule has 0 fully saturated rings. The molecule has 0 bridgehead atoms. The summed E-state index contributed by atoms with van der Waals surface area (Å²) in [5.41, 5.74) is 4.11. The van der Waals surface area contributed by atoms with Gasteiger partial charge in [0.05, 0.1) is 27.0 Å². The van der Waals surface area contributed by atoms with E-state index in [-0.39, 0.29) is 12.5 Å². The number of hydrogen-bond donors (Lipinski definition) is 2. The molecular weight excluding hydrogens is 498 g/mol. The van der Waals surface area contributed by atoms with Crippen molar-refractivity contribution in [1.29, 1.82) is 0 Å². The predicted molar refractivity (Wildman–Crippen MR) is 142 cm³/mol. The Kier molecular flexibility index (Phi) is 10.2. The molecule has 0 radical (unpaired) electrons. The monoisotopic (exact) mass is 525 g/mol. The van der Waals surface area contributed by atoms with E-state index in [1.165, 1.54) is 20.4 Å². The van der Waals surface area contributed by atoms with Crippen molar-refractivity contribution in [2.45, 2.75) is 13.3 Å². The van der Waals surface area contributed by atoms with Gasteiger partial charge in [0.25, 0.3) is 11.8 Å². The highest BCUT2D eigenvalue weighted by molar-refractivity contribution is 6.30. The minimum absolute atomic E-state index is 0.214. The summed E-state index contributed by atoms with van der Waals surface area (Å²) in [5, 5.41) is 7.31. The van der Waals surface area contributed by atoms with Crippen LogP contribution >= 0.6 is 11.6 Å². The summed E-state index contributed by atoms with van der Waals surface area (Å²) in [5.74, 6) is 1.08. The molecule has 0 aliphatic carbocycles. The van der Waals surface area contributed by atoms with Gasteiger partial charge in [-0.05, 0) is 72.6 Å². The lowest BCUT2D eigenvalue weighted by Gasteiger charge is -2.12. The van der Waals surface area contributed by atoms with Gasteiger partial charge in [0.2, 0.25) is 0 Å². The molecule has 9 nitrogen and oxygen atoms in total. The minimum atomic E-state index is -0.407. The van der Waals surface area contributed by atoms with Gasteiger partial charge in [0, 0.05) is 16.3 Å². The first-order valence-corrected chi connectivity index (χ1v) is 11.8. The summed E-state index contributed by atoms with van der Waals surface area (Å²) in [7, 11) is 3.00. The molecule has 0 aromatic heterocycles. The van der Waals surface area contributed by atoms with Gasteiger partial charge in [-0.1, -0.05) is 18.5 Å². The molecule has 194 valence electrons. The van der Waals surface area contributed by atoms with Crippen molar-refractivity contribution >= 4 is 35.3 Å². The number of anilines is 1. The number of hydrazone groups is 1.